The number of hydrogen-bond donors (Lipinski definition) is 2. The zero-order valence-electron chi connectivity index (χ0n) is 18.0. The summed E-state index contributed by atoms with van der Waals surface area (Å²) < 4.78 is 5.65. The number of fused-ring (bicyclic) bond motifs is 2. The first-order chi connectivity index (χ1) is 15.4. The van der Waals surface area contributed by atoms with Crippen LogP contribution in [-0.2, 0) is 9.53 Å². The molecule has 0 saturated heterocycles. The second-order valence-electron chi connectivity index (χ2n) is 9.25. The van der Waals surface area contributed by atoms with Crippen LogP contribution in [0.5, 0.6) is 0 Å². The molecular weight excluding hydrogens is 400 g/mol. The number of Topliss-reactive ketones (excluding diaryl/α,β-unsaturated/α-hetero) is 1. The minimum Gasteiger partial charge on any atom is -0.376 e. The topological polar surface area (TPSA) is 66.8 Å². The molecule has 0 amide bonds. The van der Waals surface area contributed by atoms with Gasteiger partial charge in [-0.1, -0.05) is 66.8 Å². The molecule has 0 aliphatic heterocycles. The van der Waals surface area contributed by atoms with Crippen LogP contribution in [0.2, 0.25) is 0 Å². The third-order valence-corrected chi connectivity index (χ3v) is 6.73. The van der Waals surface area contributed by atoms with Gasteiger partial charge >= 0.3 is 0 Å². The van der Waals surface area contributed by atoms with Crippen molar-refractivity contribution in [1.82, 2.24) is 0 Å². The lowest BCUT2D eigenvalue weighted by Crippen LogP contribution is -2.13. The maximum Gasteiger partial charge on any atom is 0.168 e. The van der Waals surface area contributed by atoms with E-state index in [1.165, 1.54) is 11.1 Å². The molecule has 5 aliphatic carbocycles. The number of allylic oxidation sites excluding steroid dienone is 15. The van der Waals surface area contributed by atoms with Crippen LogP contribution < -0.4 is 0 Å². The molecule has 0 bridgehead atoms. The number of carbonyl (C=O) groups excluding carboxylic acids is 1. The lowest BCUT2D eigenvalue weighted by Gasteiger charge is -2.22. The van der Waals surface area contributed by atoms with E-state index in [1.54, 1.807) is 0 Å². The maximum atomic E-state index is 12.8. The summed E-state index contributed by atoms with van der Waals surface area (Å²) in [6, 6.07) is 0. The van der Waals surface area contributed by atoms with Crippen LogP contribution in [0.3, 0.4) is 0 Å². The van der Waals surface area contributed by atoms with E-state index >= 15 is 0 Å². The number of ether oxygens (including phenoxy) is 1. The van der Waals surface area contributed by atoms with Gasteiger partial charge in [-0.2, -0.15) is 0 Å². The Morgan fingerprint density at radius 2 is 1.88 bits per heavy atom. The van der Waals surface area contributed by atoms with Crippen molar-refractivity contribution in [2.24, 2.45) is 17.8 Å². The van der Waals surface area contributed by atoms with Crippen LogP contribution in [0.4, 0.5) is 0 Å². The molecule has 4 heteroatoms. The predicted molar refractivity (Wildman–Crippen MR) is 124 cm³/mol. The molecule has 32 heavy (non-hydrogen) atoms. The van der Waals surface area contributed by atoms with E-state index in [0.29, 0.717) is 26.1 Å². The molecule has 0 spiro atoms. The Morgan fingerprint density at radius 1 is 1.06 bits per heavy atom. The van der Waals surface area contributed by atoms with Crippen LogP contribution in [0.1, 0.15) is 19.3 Å². The fourth-order valence-corrected chi connectivity index (χ4v) is 4.65. The standard InChI is InChI=1S/C28H28O4/c1-18-10-24(14-22-4-2-3-5-26(18)22)27(29)9-7-19-11-21-8-6-20(13-23(21)12-19)16-32-17-25-15-28(25,30)31/h2-6,8,10-14,23,25-26,30-31H,1,7,9,15-17H2. The zero-order valence-corrected chi connectivity index (χ0v) is 18.0. The van der Waals surface area contributed by atoms with Crippen molar-refractivity contribution in [3.63, 3.8) is 0 Å². The first-order valence-electron chi connectivity index (χ1n) is 11.2. The first kappa shape index (κ1) is 21.1. The molecule has 5 aliphatic rings. The van der Waals surface area contributed by atoms with Crippen LogP contribution in [0.15, 0.2) is 107 Å². The highest BCUT2D eigenvalue weighted by Gasteiger charge is 2.51. The number of carbonyl (C=O) groups is 1. The second-order valence-corrected chi connectivity index (χ2v) is 9.25. The van der Waals surface area contributed by atoms with Gasteiger partial charge in [-0.05, 0) is 40.9 Å². The molecular formula is C28H28O4. The highest BCUT2D eigenvalue weighted by molar-refractivity contribution is 5.99. The number of ketones is 1. The Bertz CT molecular complexity index is 1100. The fraction of sp³-hybridized carbons (Fsp3) is 0.321. The summed E-state index contributed by atoms with van der Waals surface area (Å²) in [5, 5.41) is 18.8. The van der Waals surface area contributed by atoms with E-state index in [-0.39, 0.29) is 23.5 Å². The van der Waals surface area contributed by atoms with Crippen LogP contribution in [0.25, 0.3) is 0 Å². The number of hydrogen-bond acceptors (Lipinski definition) is 4. The average molecular weight is 429 g/mol. The highest BCUT2D eigenvalue weighted by atomic mass is 16.5. The quantitative estimate of drug-likeness (QED) is 0.569. The molecule has 0 aromatic carbocycles. The molecule has 1 saturated carbocycles. The molecule has 5 rings (SSSR count). The molecule has 0 heterocycles. The molecule has 164 valence electrons. The van der Waals surface area contributed by atoms with Gasteiger partial charge in [0.15, 0.2) is 11.6 Å². The van der Waals surface area contributed by atoms with Gasteiger partial charge in [0, 0.05) is 36.2 Å². The molecule has 3 atom stereocenters. The molecule has 2 N–H and O–H groups in total. The minimum atomic E-state index is -1.53. The third kappa shape index (κ3) is 4.40. The normalized spacial score (nSPS) is 28.9. The molecule has 3 unspecified atom stereocenters. The lowest BCUT2D eigenvalue weighted by atomic mass is 9.81. The summed E-state index contributed by atoms with van der Waals surface area (Å²) in [5.41, 5.74) is 6.35. The van der Waals surface area contributed by atoms with Gasteiger partial charge in [-0.15, -0.1) is 0 Å². The second kappa shape index (κ2) is 8.28. The van der Waals surface area contributed by atoms with E-state index in [2.05, 4.69) is 49.1 Å². The fourth-order valence-electron chi connectivity index (χ4n) is 4.65. The Hall–Kier alpha value is -2.79. The van der Waals surface area contributed by atoms with Crippen molar-refractivity contribution in [2.45, 2.75) is 25.0 Å². The molecule has 1 fully saturated rings. The van der Waals surface area contributed by atoms with Gasteiger partial charge in [-0.3, -0.25) is 4.79 Å². The predicted octanol–water partition coefficient (Wildman–Crippen LogP) is 4.20. The van der Waals surface area contributed by atoms with Crippen LogP contribution in [0, 0.1) is 17.8 Å². The van der Waals surface area contributed by atoms with Crippen molar-refractivity contribution in [3.8, 4) is 0 Å². The minimum absolute atomic E-state index is 0.151. The smallest absolute Gasteiger partial charge is 0.168 e. The summed E-state index contributed by atoms with van der Waals surface area (Å²) in [5.74, 6) is -1.15. The van der Waals surface area contributed by atoms with Gasteiger partial charge in [0.1, 0.15) is 0 Å². The molecule has 0 aromatic rings. The first-order valence-corrected chi connectivity index (χ1v) is 11.2. The lowest BCUT2D eigenvalue weighted by molar-refractivity contribution is -0.115. The summed E-state index contributed by atoms with van der Waals surface area (Å²) in [4.78, 5) is 12.8. The van der Waals surface area contributed by atoms with E-state index in [4.69, 9.17) is 4.74 Å². The van der Waals surface area contributed by atoms with E-state index < -0.39 is 5.79 Å². The van der Waals surface area contributed by atoms with Gasteiger partial charge in [-0.25, -0.2) is 0 Å². The summed E-state index contributed by atoms with van der Waals surface area (Å²) >= 11 is 0. The molecule has 0 aromatic heterocycles. The van der Waals surface area contributed by atoms with Gasteiger partial charge < -0.3 is 14.9 Å². The number of rotatable bonds is 8. The Balaban J connectivity index is 1.15. The van der Waals surface area contributed by atoms with E-state index in [0.717, 1.165) is 28.7 Å². The highest BCUT2D eigenvalue weighted by Crippen LogP contribution is 2.41. The van der Waals surface area contributed by atoms with Crippen molar-refractivity contribution < 1.29 is 19.7 Å². The molecule has 0 radical (unpaired) electrons. The van der Waals surface area contributed by atoms with Gasteiger partial charge in [0.05, 0.1) is 13.2 Å². The largest absolute Gasteiger partial charge is 0.376 e. The Labute approximate surface area is 188 Å². The SMILES string of the molecule is C=C1C=C(C(=O)CCC2=CC3C=C(COCC4CC4(O)O)C=CC3=C2)C=C2C=CC=CC12. The summed E-state index contributed by atoms with van der Waals surface area (Å²) in [6.07, 6.45) is 24.4. The van der Waals surface area contributed by atoms with Crippen LogP contribution in [-0.4, -0.2) is 35.0 Å². The van der Waals surface area contributed by atoms with Crippen molar-refractivity contribution in [1.29, 1.82) is 0 Å². The zero-order chi connectivity index (χ0) is 22.3. The van der Waals surface area contributed by atoms with E-state index in [9.17, 15) is 15.0 Å². The van der Waals surface area contributed by atoms with Crippen molar-refractivity contribution in [2.75, 3.05) is 13.2 Å². The van der Waals surface area contributed by atoms with E-state index in [1.807, 2.05) is 24.3 Å². The Morgan fingerprint density at radius 3 is 2.69 bits per heavy atom. The van der Waals surface area contributed by atoms with Gasteiger partial charge in [0.2, 0.25) is 0 Å². The Kier molecular flexibility index (Phi) is 5.46. The molecule has 4 nitrogen and oxygen atoms in total. The maximum absolute atomic E-state index is 12.8. The van der Waals surface area contributed by atoms with Crippen LogP contribution >= 0.6 is 0 Å². The summed E-state index contributed by atoms with van der Waals surface area (Å²) in [6.45, 7) is 4.97. The van der Waals surface area contributed by atoms with Gasteiger partial charge in [0.25, 0.3) is 0 Å². The summed E-state index contributed by atoms with van der Waals surface area (Å²) in [7, 11) is 0. The average Bonchev–Trinajstić information content (AvgIpc) is 3.19. The van der Waals surface area contributed by atoms with Crippen molar-refractivity contribution in [3.05, 3.63) is 107 Å². The number of aliphatic hydroxyl groups is 2. The third-order valence-electron chi connectivity index (χ3n) is 6.73. The monoisotopic (exact) mass is 428 g/mol. The van der Waals surface area contributed by atoms with Crippen molar-refractivity contribution >= 4 is 5.78 Å².